The molecule has 1 fully saturated rings. The summed E-state index contributed by atoms with van der Waals surface area (Å²) in [4.78, 5) is 12.4. The van der Waals surface area contributed by atoms with Gasteiger partial charge in [-0.25, -0.2) is 12.8 Å². The predicted octanol–water partition coefficient (Wildman–Crippen LogP) is 2.93. The summed E-state index contributed by atoms with van der Waals surface area (Å²) < 4.78 is 40.4. The Morgan fingerprint density at radius 1 is 1.25 bits per heavy atom. The minimum Gasteiger partial charge on any atom is -0.323 e. The van der Waals surface area contributed by atoms with Gasteiger partial charge >= 0.3 is 0 Å². The second kappa shape index (κ2) is 7.00. The van der Waals surface area contributed by atoms with Crippen LogP contribution in [0.1, 0.15) is 12.8 Å². The van der Waals surface area contributed by atoms with E-state index in [0.29, 0.717) is 19.4 Å². The van der Waals surface area contributed by atoms with Crippen molar-refractivity contribution >= 4 is 33.0 Å². The van der Waals surface area contributed by atoms with Crippen LogP contribution in [0.4, 0.5) is 10.1 Å². The van der Waals surface area contributed by atoms with Crippen LogP contribution >= 0.6 is 11.3 Å². The third-order valence-corrected chi connectivity index (χ3v) is 7.21. The minimum atomic E-state index is -3.57. The van der Waals surface area contributed by atoms with Crippen LogP contribution in [0.15, 0.2) is 46.0 Å². The highest BCUT2D eigenvalue weighted by Crippen LogP contribution is 2.27. The number of hydrogen-bond acceptors (Lipinski definition) is 4. The van der Waals surface area contributed by atoms with Gasteiger partial charge in [0.25, 0.3) is 10.0 Å². The van der Waals surface area contributed by atoms with E-state index in [1.54, 1.807) is 29.6 Å². The lowest BCUT2D eigenvalue weighted by molar-refractivity contribution is -0.120. The first-order valence-corrected chi connectivity index (χ1v) is 9.89. The van der Waals surface area contributed by atoms with Crippen molar-refractivity contribution in [3.05, 3.63) is 47.6 Å². The number of sulfonamides is 1. The minimum absolute atomic E-state index is 0.112. The molecule has 1 aliphatic heterocycles. The fraction of sp³-hybridized carbons (Fsp3) is 0.312. The van der Waals surface area contributed by atoms with Crippen molar-refractivity contribution in [2.24, 2.45) is 5.92 Å². The summed E-state index contributed by atoms with van der Waals surface area (Å²) in [6.07, 6.45) is 1.18. The fourth-order valence-electron chi connectivity index (χ4n) is 2.71. The second-order valence-corrected chi connectivity index (χ2v) is 8.72. The highest BCUT2D eigenvalue weighted by Gasteiger charge is 2.33. The zero-order valence-corrected chi connectivity index (χ0v) is 14.4. The molecule has 0 saturated carbocycles. The van der Waals surface area contributed by atoms with Crippen molar-refractivity contribution in [3.8, 4) is 0 Å². The van der Waals surface area contributed by atoms with Crippen LogP contribution in [0.2, 0.25) is 0 Å². The van der Waals surface area contributed by atoms with E-state index < -0.39 is 21.8 Å². The molecule has 1 atom stereocenters. The summed E-state index contributed by atoms with van der Waals surface area (Å²) in [5, 5.41) is 4.26. The number of benzene rings is 1. The molecule has 8 heteroatoms. The van der Waals surface area contributed by atoms with Gasteiger partial charge in [0.05, 0.1) is 11.6 Å². The molecule has 1 amide bonds. The first-order chi connectivity index (χ1) is 11.5. The van der Waals surface area contributed by atoms with E-state index in [2.05, 4.69) is 5.32 Å². The van der Waals surface area contributed by atoms with Crippen LogP contribution in [0.3, 0.4) is 0 Å². The van der Waals surface area contributed by atoms with Gasteiger partial charge in [0.15, 0.2) is 0 Å². The van der Waals surface area contributed by atoms with Crippen LogP contribution in [0.25, 0.3) is 0 Å². The number of amides is 1. The maximum atomic E-state index is 13.6. The van der Waals surface area contributed by atoms with Gasteiger partial charge in [-0.15, -0.1) is 11.3 Å². The van der Waals surface area contributed by atoms with Gasteiger partial charge in [-0.3, -0.25) is 4.79 Å². The molecule has 1 aliphatic rings. The molecule has 24 heavy (non-hydrogen) atoms. The normalized spacial score (nSPS) is 19.1. The molecule has 0 radical (unpaired) electrons. The van der Waals surface area contributed by atoms with Crippen molar-refractivity contribution in [2.75, 3.05) is 18.4 Å². The summed E-state index contributed by atoms with van der Waals surface area (Å²) in [6, 6.07) is 9.17. The van der Waals surface area contributed by atoms with Gasteiger partial charge in [0.2, 0.25) is 5.91 Å². The Hall–Kier alpha value is -1.77. The van der Waals surface area contributed by atoms with E-state index in [0.717, 1.165) is 11.3 Å². The zero-order valence-electron chi connectivity index (χ0n) is 12.8. The Morgan fingerprint density at radius 3 is 2.75 bits per heavy atom. The number of carbonyl (C=O) groups excluding carboxylic acids is 1. The number of anilines is 1. The van der Waals surface area contributed by atoms with Gasteiger partial charge in [-0.05, 0) is 36.4 Å². The van der Waals surface area contributed by atoms with Crippen molar-refractivity contribution in [3.63, 3.8) is 0 Å². The van der Waals surface area contributed by atoms with Crippen LogP contribution in [0, 0.1) is 11.7 Å². The Morgan fingerprint density at radius 2 is 2.04 bits per heavy atom. The molecular weight excluding hydrogens is 351 g/mol. The quantitative estimate of drug-likeness (QED) is 0.902. The van der Waals surface area contributed by atoms with Gasteiger partial charge in [0, 0.05) is 13.1 Å². The summed E-state index contributed by atoms with van der Waals surface area (Å²) in [5.74, 6) is -1.36. The number of rotatable bonds is 4. The Balaban J connectivity index is 1.72. The largest absolute Gasteiger partial charge is 0.323 e. The van der Waals surface area contributed by atoms with E-state index >= 15 is 0 Å². The predicted molar refractivity (Wildman–Crippen MR) is 90.8 cm³/mol. The average Bonchev–Trinajstić information content (AvgIpc) is 3.12. The average molecular weight is 368 g/mol. The summed E-state index contributed by atoms with van der Waals surface area (Å²) in [6.45, 7) is 0.504. The molecule has 0 aliphatic carbocycles. The summed E-state index contributed by atoms with van der Waals surface area (Å²) in [5.41, 5.74) is 0.112. The van der Waals surface area contributed by atoms with E-state index in [-0.39, 0.29) is 22.3 Å². The maximum Gasteiger partial charge on any atom is 0.252 e. The lowest BCUT2D eigenvalue weighted by atomic mass is 9.98. The first-order valence-electron chi connectivity index (χ1n) is 7.57. The lowest BCUT2D eigenvalue weighted by Crippen LogP contribution is -2.43. The van der Waals surface area contributed by atoms with Crippen LogP contribution in [0.5, 0.6) is 0 Å². The number of hydrogen-bond donors (Lipinski definition) is 1. The monoisotopic (exact) mass is 368 g/mol. The molecule has 0 unspecified atom stereocenters. The van der Waals surface area contributed by atoms with Crippen LogP contribution < -0.4 is 5.32 Å². The lowest BCUT2D eigenvalue weighted by Gasteiger charge is -2.30. The molecule has 128 valence electrons. The first kappa shape index (κ1) is 17.1. The highest BCUT2D eigenvalue weighted by atomic mass is 32.2. The van der Waals surface area contributed by atoms with Gasteiger partial charge < -0.3 is 5.32 Å². The topological polar surface area (TPSA) is 66.5 Å². The number of halogens is 1. The smallest absolute Gasteiger partial charge is 0.252 e. The number of thiophene rings is 1. The molecule has 1 aromatic heterocycles. The molecule has 0 spiro atoms. The zero-order chi connectivity index (χ0) is 17.2. The number of carbonyl (C=O) groups is 1. The molecule has 1 saturated heterocycles. The molecule has 0 bridgehead atoms. The molecule has 3 rings (SSSR count). The number of piperidine rings is 1. The number of nitrogens with one attached hydrogen (secondary N) is 1. The van der Waals surface area contributed by atoms with Gasteiger partial charge in [-0.2, -0.15) is 4.31 Å². The van der Waals surface area contributed by atoms with Crippen LogP contribution in [-0.2, 0) is 14.8 Å². The summed E-state index contributed by atoms with van der Waals surface area (Å²) in [7, 11) is -3.57. The third kappa shape index (κ3) is 3.50. The molecule has 5 nitrogen and oxygen atoms in total. The van der Waals surface area contributed by atoms with Crippen molar-refractivity contribution in [2.45, 2.75) is 17.1 Å². The van der Waals surface area contributed by atoms with Gasteiger partial charge in [-0.1, -0.05) is 18.2 Å². The standard InChI is InChI=1S/C16H17FN2O3S2/c17-13-6-1-2-7-14(13)18-16(20)12-5-3-9-19(11-12)24(21,22)15-8-4-10-23-15/h1-2,4,6-8,10,12H,3,5,9,11H2,(H,18,20)/t12-/m1/s1. The van der Waals surface area contributed by atoms with Crippen molar-refractivity contribution < 1.29 is 17.6 Å². The fourth-order valence-corrected chi connectivity index (χ4v) is 5.38. The molecule has 1 N–H and O–H groups in total. The summed E-state index contributed by atoms with van der Waals surface area (Å²) >= 11 is 1.16. The maximum absolute atomic E-state index is 13.6. The molecule has 1 aromatic carbocycles. The molecule has 2 aromatic rings. The Labute approximate surface area is 144 Å². The number of para-hydroxylation sites is 1. The molecular formula is C16H17FN2O3S2. The SMILES string of the molecule is O=C(Nc1ccccc1F)[C@@H]1CCCN(S(=O)(=O)c2cccs2)C1. The second-order valence-electron chi connectivity index (χ2n) is 5.60. The Bertz CT molecular complexity index is 822. The third-order valence-electron chi connectivity index (χ3n) is 3.98. The van der Waals surface area contributed by atoms with Gasteiger partial charge in [0.1, 0.15) is 10.0 Å². The van der Waals surface area contributed by atoms with E-state index in [4.69, 9.17) is 0 Å². The van der Waals surface area contributed by atoms with E-state index in [1.165, 1.54) is 16.4 Å². The van der Waals surface area contributed by atoms with Crippen molar-refractivity contribution in [1.82, 2.24) is 4.31 Å². The van der Waals surface area contributed by atoms with E-state index in [1.807, 2.05) is 0 Å². The van der Waals surface area contributed by atoms with E-state index in [9.17, 15) is 17.6 Å². The Kier molecular flexibility index (Phi) is 4.98. The number of nitrogens with zero attached hydrogens (tertiary/aromatic N) is 1. The van der Waals surface area contributed by atoms with Crippen LogP contribution in [-0.4, -0.2) is 31.7 Å². The van der Waals surface area contributed by atoms with Crippen molar-refractivity contribution in [1.29, 1.82) is 0 Å². The highest BCUT2D eigenvalue weighted by molar-refractivity contribution is 7.91. The molecule has 2 heterocycles.